The number of hydrogen-bond donors (Lipinski definition) is 1. The van der Waals surface area contributed by atoms with Gasteiger partial charge < -0.3 is 20.1 Å². The molecule has 1 aliphatic rings. The van der Waals surface area contributed by atoms with E-state index in [0.29, 0.717) is 30.1 Å². The SMILES string of the molecule is CC(C)Oc1ccc(N)cc1C(=O)N1CC(C)OC(C)C1. The van der Waals surface area contributed by atoms with Crippen molar-refractivity contribution in [3.8, 4) is 5.75 Å². The van der Waals surface area contributed by atoms with Gasteiger partial charge in [0.05, 0.1) is 23.9 Å². The number of nitrogens with zero attached hydrogens (tertiary/aromatic N) is 1. The number of amides is 1. The van der Waals surface area contributed by atoms with E-state index in [1.54, 1.807) is 23.1 Å². The lowest BCUT2D eigenvalue weighted by Gasteiger charge is -2.35. The van der Waals surface area contributed by atoms with Crippen LogP contribution in [0.5, 0.6) is 5.75 Å². The van der Waals surface area contributed by atoms with Crippen LogP contribution in [-0.2, 0) is 4.74 Å². The minimum atomic E-state index is -0.0556. The summed E-state index contributed by atoms with van der Waals surface area (Å²) in [6.07, 6.45) is 0.0733. The maximum Gasteiger partial charge on any atom is 0.257 e. The number of morpholine rings is 1. The standard InChI is InChI=1S/C16H24N2O3/c1-10(2)20-15-6-5-13(17)7-14(15)16(19)18-8-11(3)21-12(4)9-18/h5-7,10-12H,8-9,17H2,1-4H3. The normalized spacial score (nSPS) is 22.4. The summed E-state index contributed by atoms with van der Waals surface area (Å²) in [5, 5.41) is 0. The highest BCUT2D eigenvalue weighted by atomic mass is 16.5. The van der Waals surface area contributed by atoms with Crippen LogP contribution in [0.25, 0.3) is 0 Å². The fourth-order valence-electron chi connectivity index (χ4n) is 2.59. The Kier molecular flexibility index (Phi) is 4.73. The molecule has 1 amide bonds. The van der Waals surface area contributed by atoms with E-state index in [0.717, 1.165) is 0 Å². The summed E-state index contributed by atoms with van der Waals surface area (Å²) < 4.78 is 11.4. The van der Waals surface area contributed by atoms with E-state index in [1.807, 2.05) is 27.7 Å². The van der Waals surface area contributed by atoms with Gasteiger partial charge >= 0.3 is 0 Å². The summed E-state index contributed by atoms with van der Waals surface area (Å²) in [7, 11) is 0. The first-order valence-electron chi connectivity index (χ1n) is 7.37. The second-order valence-electron chi connectivity index (χ2n) is 5.89. The van der Waals surface area contributed by atoms with Crippen LogP contribution in [0.15, 0.2) is 18.2 Å². The van der Waals surface area contributed by atoms with Gasteiger partial charge in [-0.25, -0.2) is 0 Å². The van der Waals surface area contributed by atoms with Gasteiger partial charge in [-0.1, -0.05) is 0 Å². The predicted molar refractivity (Wildman–Crippen MR) is 82.5 cm³/mol. The molecule has 1 saturated heterocycles. The average Bonchev–Trinajstić information content (AvgIpc) is 2.38. The maximum absolute atomic E-state index is 12.8. The Balaban J connectivity index is 2.27. The first-order chi connectivity index (χ1) is 9.86. The zero-order valence-corrected chi connectivity index (χ0v) is 13.1. The van der Waals surface area contributed by atoms with Gasteiger partial charge in [-0.2, -0.15) is 0 Å². The van der Waals surface area contributed by atoms with Crippen LogP contribution < -0.4 is 10.5 Å². The van der Waals surface area contributed by atoms with E-state index in [4.69, 9.17) is 15.2 Å². The van der Waals surface area contributed by atoms with Gasteiger partial charge in [0.25, 0.3) is 5.91 Å². The lowest BCUT2D eigenvalue weighted by atomic mass is 10.1. The first kappa shape index (κ1) is 15.6. The maximum atomic E-state index is 12.8. The number of rotatable bonds is 3. The molecule has 116 valence electrons. The largest absolute Gasteiger partial charge is 0.490 e. The van der Waals surface area contributed by atoms with E-state index in [1.165, 1.54) is 0 Å². The molecular formula is C16H24N2O3. The van der Waals surface area contributed by atoms with Crippen LogP contribution in [0.3, 0.4) is 0 Å². The molecule has 0 aliphatic carbocycles. The molecule has 1 aliphatic heterocycles. The molecule has 2 rings (SSSR count). The molecule has 5 nitrogen and oxygen atoms in total. The number of nitrogens with two attached hydrogens (primary N) is 1. The number of carbonyl (C=O) groups is 1. The summed E-state index contributed by atoms with van der Waals surface area (Å²) in [4.78, 5) is 14.6. The van der Waals surface area contributed by atoms with E-state index in [2.05, 4.69) is 0 Å². The first-order valence-corrected chi connectivity index (χ1v) is 7.37. The highest BCUT2D eigenvalue weighted by Crippen LogP contribution is 2.25. The second kappa shape index (κ2) is 6.35. The molecule has 0 saturated carbocycles. The van der Waals surface area contributed by atoms with Crippen molar-refractivity contribution in [3.63, 3.8) is 0 Å². The summed E-state index contributed by atoms with van der Waals surface area (Å²) in [5.74, 6) is 0.524. The summed E-state index contributed by atoms with van der Waals surface area (Å²) in [6.45, 7) is 8.98. The fourth-order valence-corrected chi connectivity index (χ4v) is 2.59. The van der Waals surface area contributed by atoms with Crippen LogP contribution in [0.1, 0.15) is 38.1 Å². The number of anilines is 1. The molecule has 0 aromatic heterocycles. The summed E-state index contributed by atoms with van der Waals surface area (Å²) >= 11 is 0. The molecule has 0 spiro atoms. The van der Waals surface area contributed by atoms with E-state index in [-0.39, 0.29) is 24.2 Å². The van der Waals surface area contributed by atoms with Gasteiger partial charge in [0.1, 0.15) is 5.75 Å². The minimum Gasteiger partial charge on any atom is -0.490 e. The Bertz CT molecular complexity index is 506. The molecule has 2 N–H and O–H groups in total. The Morgan fingerprint density at radius 2 is 1.95 bits per heavy atom. The van der Waals surface area contributed by atoms with Gasteiger partial charge in [-0.15, -0.1) is 0 Å². The zero-order valence-electron chi connectivity index (χ0n) is 13.1. The van der Waals surface area contributed by atoms with Crippen molar-refractivity contribution < 1.29 is 14.3 Å². The predicted octanol–water partition coefficient (Wildman–Crippen LogP) is 2.31. The van der Waals surface area contributed by atoms with Crippen molar-refractivity contribution in [1.29, 1.82) is 0 Å². The van der Waals surface area contributed by atoms with Gasteiger partial charge in [0, 0.05) is 18.8 Å². The van der Waals surface area contributed by atoms with Crippen molar-refractivity contribution in [1.82, 2.24) is 4.90 Å². The van der Waals surface area contributed by atoms with Crippen LogP contribution in [0.4, 0.5) is 5.69 Å². The molecule has 2 atom stereocenters. The lowest BCUT2D eigenvalue weighted by Crippen LogP contribution is -2.48. The fraction of sp³-hybridized carbons (Fsp3) is 0.562. The monoisotopic (exact) mass is 292 g/mol. The van der Waals surface area contributed by atoms with Crippen molar-refractivity contribution in [3.05, 3.63) is 23.8 Å². The Morgan fingerprint density at radius 1 is 1.33 bits per heavy atom. The molecule has 1 heterocycles. The lowest BCUT2D eigenvalue weighted by molar-refractivity contribution is -0.0587. The molecule has 1 aromatic carbocycles. The molecule has 2 unspecified atom stereocenters. The number of nitrogen functional groups attached to an aromatic ring is 1. The summed E-state index contributed by atoms with van der Waals surface area (Å²) in [5.41, 5.74) is 6.91. The topological polar surface area (TPSA) is 64.8 Å². The second-order valence-corrected chi connectivity index (χ2v) is 5.89. The molecule has 0 radical (unpaired) electrons. The Morgan fingerprint density at radius 3 is 2.52 bits per heavy atom. The Hall–Kier alpha value is -1.75. The molecule has 1 fully saturated rings. The average molecular weight is 292 g/mol. The molecule has 0 bridgehead atoms. The van der Waals surface area contributed by atoms with Crippen molar-refractivity contribution >= 4 is 11.6 Å². The van der Waals surface area contributed by atoms with Crippen molar-refractivity contribution in [2.75, 3.05) is 18.8 Å². The van der Waals surface area contributed by atoms with Crippen LogP contribution in [0.2, 0.25) is 0 Å². The van der Waals surface area contributed by atoms with Crippen molar-refractivity contribution in [2.24, 2.45) is 0 Å². The molecule has 21 heavy (non-hydrogen) atoms. The van der Waals surface area contributed by atoms with E-state index < -0.39 is 0 Å². The quantitative estimate of drug-likeness (QED) is 0.868. The smallest absolute Gasteiger partial charge is 0.257 e. The van der Waals surface area contributed by atoms with Gasteiger partial charge in [0.15, 0.2) is 0 Å². The van der Waals surface area contributed by atoms with Gasteiger partial charge in [-0.05, 0) is 45.9 Å². The van der Waals surface area contributed by atoms with Crippen LogP contribution in [0, 0.1) is 0 Å². The third-order valence-electron chi connectivity index (χ3n) is 3.30. The van der Waals surface area contributed by atoms with Gasteiger partial charge in [-0.3, -0.25) is 4.79 Å². The van der Waals surface area contributed by atoms with E-state index >= 15 is 0 Å². The van der Waals surface area contributed by atoms with Crippen LogP contribution >= 0.6 is 0 Å². The van der Waals surface area contributed by atoms with Crippen molar-refractivity contribution in [2.45, 2.75) is 46.0 Å². The number of ether oxygens (including phenoxy) is 2. The number of benzene rings is 1. The van der Waals surface area contributed by atoms with Gasteiger partial charge in [0.2, 0.25) is 0 Å². The zero-order chi connectivity index (χ0) is 15.6. The number of carbonyl (C=O) groups excluding carboxylic acids is 1. The third-order valence-corrected chi connectivity index (χ3v) is 3.30. The number of hydrogen-bond acceptors (Lipinski definition) is 4. The molecular weight excluding hydrogens is 268 g/mol. The van der Waals surface area contributed by atoms with E-state index in [9.17, 15) is 4.79 Å². The molecule has 5 heteroatoms. The third kappa shape index (κ3) is 3.88. The van der Waals surface area contributed by atoms with Crippen LogP contribution in [-0.4, -0.2) is 42.2 Å². The Labute approximate surface area is 126 Å². The molecule has 1 aromatic rings. The summed E-state index contributed by atoms with van der Waals surface area (Å²) in [6, 6.07) is 5.19. The highest BCUT2D eigenvalue weighted by Gasteiger charge is 2.28. The highest BCUT2D eigenvalue weighted by molar-refractivity contribution is 5.98. The minimum absolute atomic E-state index is 0.00251.